The number of esters is 1. The third-order valence-electron chi connectivity index (χ3n) is 4.25. The number of pyridine rings is 1. The Morgan fingerprint density at radius 3 is 2.46 bits per heavy atom. The monoisotopic (exact) mass is 385 g/mol. The minimum absolute atomic E-state index is 0.0195. The lowest BCUT2D eigenvalue weighted by molar-refractivity contribution is -0.186. The van der Waals surface area contributed by atoms with Crippen LogP contribution >= 0.6 is 0 Å². The second kappa shape index (κ2) is 7.22. The Bertz CT molecular complexity index is 1100. The summed E-state index contributed by atoms with van der Waals surface area (Å²) in [4.78, 5) is 38.7. The van der Waals surface area contributed by atoms with Crippen molar-refractivity contribution >= 4 is 39.6 Å². The molecule has 9 heteroatoms. The lowest BCUT2D eigenvalue weighted by Crippen LogP contribution is -2.55. The lowest BCUT2D eigenvalue weighted by atomic mass is 9.93. The molecule has 3 aromatic rings. The smallest absolute Gasteiger partial charge is 0.344 e. The molecule has 0 saturated heterocycles. The molecule has 3 rings (SSSR count). The fourth-order valence-electron chi connectivity index (χ4n) is 2.84. The predicted molar refractivity (Wildman–Crippen MR) is 95.7 cm³/mol. The van der Waals surface area contributed by atoms with Gasteiger partial charge in [0.15, 0.2) is 6.10 Å². The molecule has 0 amide bonds. The van der Waals surface area contributed by atoms with Crippen molar-refractivity contribution in [2.24, 2.45) is 0 Å². The number of rotatable bonds is 6. The molecular formula is C19H15NO8. The van der Waals surface area contributed by atoms with Crippen LogP contribution in [-0.2, 0) is 14.4 Å². The topological polar surface area (TPSA) is 154 Å². The second-order valence-electron chi connectivity index (χ2n) is 6.12. The summed E-state index contributed by atoms with van der Waals surface area (Å²) in [6, 6.07) is 11.8. The molecule has 0 aliphatic carbocycles. The Balaban J connectivity index is 2.02. The highest BCUT2D eigenvalue weighted by molar-refractivity contribution is 6.09. The van der Waals surface area contributed by atoms with Crippen LogP contribution in [0.4, 0.5) is 0 Å². The van der Waals surface area contributed by atoms with Gasteiger partial charge in [-0.1, -0.05) is 30.3 Å². The Morgan fingerprint density at radius 2 is 1.79 bits per heavy atom. The highest BCUT2D eigenvalue weighted by Gasteiger charge is 2.50. The first-order valence-electron chi connectivity index (χ1n) is 8.08. The van der Waals surface area contributed by atoms with Gasteiger partial charge in [-0.2, -0.15) is 0 Å². The van der Waals surface area contributed by atoms with Crippen molar-refractivity contribution in [2.45, 2.75) is 18.1 Å². The van der Waals surface area contributed by atoms with E-state index in [1.807, 2.05) is 0 Å². The van der Waals surface area contributed by atoms with E-state index >= 15 is 0 Å². The summed E-state index contributed by atoms with van der Waals surface area (Å²) in [7, 11) is 0. The summed E-state index contributed by atoms with van der Waals surface area (Å²) in [5.74, 6) is -5.30. The summed E-state index contributed by atoms with van der Waals surface area (Å²) < 4.78 is 5.13. The van der Waals surface area contributed by atoms with Crippen molar-refractivity contribution in [1.29, 1.82) is 0 Å². The predicted octanol–water partition coefficient (Wildman–Crippen LogP) is 0.945. The third kappa shape index (κ3) is 3.36. The first kappa shape index (κ1) is 19.2. The first-order chi connectivity index (χ1) is 13.2. The molecule has 0 aliphatic rings. The SMILES string of the molecule is O=C(O)CC(O)(C(=O)O)C(O)C(=O)Oc1cccc2ncc3ccccc3c12. The van der Waals surface area contributed by atoms with E-state index < -0.39 is 36.0 Å². The Labute approximate surface area is 157 Å². The van der Waals surface area contributed by atoms with Crippen LogP contribution in [0.3, 0.4) is 0 Å². The number of carbonyl (C=O) groups excluding carboxylic acids is 1. The van der Waals surface area contributed by atoms with Crippen LogP contribution in [0.1, 0.15) is 6.42 Å². The molecule has 0 aliphatic heterocycles. The summed E-state index contributed by atoms with van der Waals surface area (Å²) in [6.45, 7) is 0. The average Bonchev–Trinajstić information content (AvgIpc) is 2.66. The van der Waals surface area contributed by atoms with Gasteiger partial charge < -0.3 is 25.2 Å². The van der Waals surface area contributed by atoms with Crippen LogP contribution in [0, 0.1) is 0 Å². The van der Waals surface area contributed by atoms with Crippen LogP contribution < -0.4 is 4.74 Å². The van der Waals surface area contributed by atoms with E-state index in [1.54, 1.807) is 42.6 Å². The van der Waals surface area contributed by atoms with Crippen molar-refractivity contribution in [3.8, 4) is 5.75 Å². The summed E-state index contributed by atoms with van der Waals surface area (Å²) in [5, 5.41) is 39.8. The molecule has 1 aromatic heterocycles. The first-order valence-corrected chi connectivity index (χ1v) is 8.08. The molecule has 4 N–H and O–H groups in total. The third-order valence-corrected chi connectivity index (χ3v) is 4.25. The number of carbonyl (C=O) groups is 3. The maximum Gasteiger partial charge on any atom is 0.344 e. The minimum atomic E-state index is -3.24. The van der Waals surface area contributed by atoms with E-state index in [4.69, 9.17) is 14.9 Å². The molecule has 0 radical (unpaired) electrons. The Kier molecular flexibility index (Phi) is 4.95. The number of hydrogen-bond acceptors (Lipinski definition) is 7. The number of ether oxygens (including phenoxy) is 1. The summed E-state index contributed by atoms with van der Waals surface area (Å²) in [5.41, 5.74) is -2.76. The standard InChI is InChI=1S/C19H15NO8/c21-14(22)8-19(27,18(25)26)16(23)17(24)28-13-7-3-6-12-15(13)11-5-2-1-4-10(11)9-20-12/h1-7,9,16,23,27H,8H2,(H,21,22)(H,25,26). The van der Waals surface area contributed by atoms with E-state index in [0.717, 1.165) is 5.39 Å². The molecule has 144 valence electrons. The number of aliphatic carboxylic acids is 2. The van der Waals surface area contributed by atoms with E-state index in [1.165, 1.54) is 6.07 Å². The van der Waals surface area contributed by atoms with Crippen LogP contribution in [0.2, 0.25) is 0 Å². The molecule has 28 heavy (non-hydrogen) atoms. The minimum Gasteiger partial charge on any atom is -0.481 e. The fraction of sp³-hybridized carbons (Fsp3) is 0.158. The van der Waals surface area contributed by atoms with E-state index in [2.05, 4.69) is 4.98 Å². The van der Waals surface area contributed by atoms with Crippen molar-refractivity contribution in [3.05, 3.63) is 48.7 Å². The van der Waals surface area contributed by atoms with Crippen LogP contribution in [0.5, 0.6) is 5.75 Å². The largest absolute Gasteiger partial charge is 0.481 e. The van der Waals surface area contributed by atoms with Crippen molar-refractivity contribution in [2.75, 3.05) is 0 Å². The number of benzene rings is 2. The van der Waals surface area contributed by atoms with Gasteiger partial charge in [0.05, 0.1) is 17.3 Å². The molecular weight excluding hydrogens is 370 g/mol. The summed E-state index contributed by atoms with van der Waals surface area (Å²) >= 11 is 0. The number of carboxylic acids is 2. The zero-order chi connectivity index (χ0) is 20.5. The molecule has 0 bridgehead atoms. The normalized spacial score (nSPS) is 14.4. The number of hydrogen-bond donors (Lipinski definition) is 4. The number of nitrogens with zero attached hydrogens (tertiary/aromatic N) is 1. The van der Waals surface area contributed by atoms with E-state index in [0.29, 0.717) is 16.3 Å². The number of aliphatic hydroxyl groups is 2. The van der Waals surface area contributed by atoms with Gasteiger partial charge in [0.1, 0.15) is 5.75 Å². The van der Waals surface area contributed by atoms with Gasteiger partial charge in [0.2, 0.25) is 5.60 Å². The number of carboxylic acid groups (broad SMARTS) is 2. The van der Waals surface area contributed by atoms with Crippen LogP contribution in [0.25, 0.3) is 21.7 Å². The van der Waals surface area contributed by atoms with E-state index in [9.17, 15) is 24.6 Å². The van der Waals surface area contributed by atoms with Gasteiger partial charge in [0, 0.05) is 11.6 Å². The zero-order valence-electron chi connectivity index (χ0n) is 14.3. The lowest BCUT2D eigenvalue weighted by Gasteiger charge is -2.25. The van der Waals surface area contributed by atoms with E-state index in [-0.39, 0.29) is 5.75 Å². The molecule has 2 aromatic carbocycles. The number of aliphatic hydroxyl groups excluding tert-OH is 1. The highest BCUT2D eigenvalue weighted by atomic mass is 16.6. The fourth-order valence-corrected chi connectivity index (χ4v) is 2.84. The molecule has 0 saturated carbocycles. The second-order valence-corrected chi connectivity index (χ2v) is 6.12. The van der Waals surface area contributed by atoms with Gasteiger partial charge >= 0.3 is 17.9 Å². The highest BCUT2D eigenvalue weighted by Crippen LogP contribution is 2.32. The average molecular weight is 385 g/mol. The maximum atomic E-state index is 12.3. The van der Waals surface area contributed by atoms with Crippen LogP contribution in [0.15, 0.2) is 48.7 Å². The van der Waals surface area contributed by atoms with Gasteiger partial charge in [-0.05, 0) is 17.5 Å². The van der Waals surface area contributed by atoms with Gasteiger partial charge in [0.25, 0.3) is 0 Å². The molecule has 0 spiro atoms. The van der Waals surface area contributed by atoms with Gasteiger partial charge in [-0.15, -0.1) is 0 Å². The zero-order valence-corrected chi connectivity index (χ0v) is 14.3. The maximum absolute atomic E-state index is 12.3. The molecule has 0 fully saturated rings. The Hall–Kier alpha value is -3.56. The number of aromatic nitrogens is 1. The molecule has 9 nitrogen and oxygen atoms in total. The molecule has 2 unspecified atom stereocenters. The van der Waals surface area contributed by atoms with Crippen molar-refractivity contribution < 1.29 is 39.5 Å². The number of fused-ring (bicyclic) bond motifs is 3. The molecule has 2 atom stereocenters. The van der Waals surface area contributed by atoms with Crippen LogP contribution in [-0.4, -0.2) is 55.0 Å². The van der Waals surface area contributed by atoms with Gasteiger partial charge in [-0.25, -0.2) is 9.59 Å². The summed E-state index contributed by atoms with van der Waals surface area (Å²) in [6.07, 6.45) is -2.38. The Morgan fingerprint density at radius 1 is 1.07 bits per heavy atom. The van der Waals surface area contributed by atoms with Crippen molar-refractivity contribution in [3.63, 3.8) is 0 Å². The van der Waals surface area contributed by atoms with Crippen molar-refractivity contribution in [1.82, 2.24) is 4.98 Å². The molecule has 1 heterocycles. The quantitative estimate of drug-likeness (QED) is 0.276. The van der Waals surface area contributed by atoms with Gasteiger partial charge in [-0.3, -0.25) is 9.78 Å².